The van der Waals surface area contributed by atoms with E-state index in [-0.39, 0.29) is 22.9 Å². The molecule has 1 aromatic rings. The standard InChI is InChI=1S/C11H12ClNO4/c1-16-8-4-3-7(9(12)10(8)17-2)11(15)13-5-6-14/h3-4,6H,5H2,1-2H3,(H,13,15). The minimum atomic E-state index is -0.442. The Morgan fingerprint density at radius 1 is 1.41 bits per heavy atom. The first-order valence-corrected chi connectivity index (χ1v) is 5.15. The second-order valence-electron chi connectivity index (χ2n) is 3.04. The van der Waals surface area contributed by atoms with E-state index in [2.05, 4.69) is 5.32 Å². The summed E-state index contributed by atoms with van der Waals surface area (Å²) in [5, 5.41) is 2.54. The molecule has 0 atom stereocenters. The first-order chi connectivity index (χ1) is 8.15. The molecule has 92 valence electrons. The SMILES string of the molecule is COc1ccc(C(=O)NCC=O)c(Cl)c1OC. The normalized spacial score (nSPS) is 9.59. The second kappa shape index (κ2) is 6.10. The van der Waals surface area contributed by atoms with Gasteiger partial charge in [0.25, 0.3) is 5.91 Å². The zero-order chi connectivity index (χ0) is 12.8. The van der Waals surface area contributed by atoms with Crippen LogP contribution in [0.5, 0.6) is 11.5 Å². The summed E-state index contributed by atoms with van der Waals surface area (Å²) in [6, 6.07) is 3.07. The van der Waals surface area contributed by atoms with Crippen molar-refractivity contribution >= 4 is 23.8 Å². The number of hydrogen-bond acceptors (Lipinski definition) is 4. The number of rotatable bonds is 5. The van der Waals surface area contributed by atoms with Crippen molar-refractivity contribution in [3.05, 3.63) is 22.7 Å². The highest BCUT2D eigenvalue weighted by atomic mass is 35.5. The third-order valence-electron chi connectivity index (χ3n) is 2.08. The molecular formula is C11H12ClNO4. The van der Waals surface area contributed by atoms with Gasteiger partial charge in [-0.2, -0.15) is 0 Å². The van der Waals surface area contributed by atoms with Gasteiger partial charge in [-0.15, -0.1) is 0 Å². The maximum Gasteiger partial charge on any atom is 0.253 e. The van der Waals surface area contributed by atoms with Gasteiger partial charge in [-0.05, 0) is 12.1 Å². The molecular weight excluding hydrogens is 246 g/mol. The largest absolute Gasteiger partial charge is 0.493 e. The third-order valence-corrected chi connectivity index (χ3v) is 2.45. The molecule has 1 rings (SSSR count). The van der Waals surface area contributed by atoms with E-state index in [0.717, 1.165) is 0 Å². The molecule has 0 aliphatic heterocycles. The Labute approximate surface area is 104 Å². The first kappa shape index (κ1) is 13.3. The molecule has 0 bridgehead atoms. The smallest absolute Gasteiger partial charge is 0.253 e. The zero-order valence-corrected chi connectivity index (χ0v) is 10.2. The lowest BCUT2D eigenvalue weighted by molar-refractivity contribution is -0.107. The average molecular weight is 258 g/mol. The van der Waals surface area contributed by atoms with Crippen LogP contribution in [0.15, 0.2) is 12.1 Å². The maximum atomic E-state index is 11.6. The van der Waals surface area contributed by atoms with E-state index in [1.807, 2.05) is 0 Å². The molecule has 0 heterocycles. The van der Waals surface area contributed by atoms with Crippen LogP contribution in [0.1, 0.15) is 10.4 Å². The summed E-state index contributed by atoms with van der Waals surface area (Å²) in [5.41, 5.74) is 0.228. The van der Waals surface area contributed by atoms with Crippen LogP contribution >= 0.6 is 11.6 Å². The van der Waals surface area contributed by atoms with E-state index in [1.165, 1.54) is 20.3 Å². The predicted molar refractivity (Wildman–Crippen MR) is 63.0 cm³/mol. The van der Waals surface area contributed by atoms with Crippen LogP contribution in [0.2, 0.25) is 5.02 Å². The van der Waals surface area contributed by atoms with Crippen molar-refractivity contribution in [1.29, 1.82) is 0 Å². The number of ether oxygens (including phenoxy) is 2. The molecule has 0 aliphatic rings. The Kier molecular flexibility index (Phi) is 4.78. The molecule has 0 aliphatic carbocycles. The van der Waals surface area contributed by atoms with E-state index in [0.29, 0.717) is 12.0 Å². The van der Waals surface area contributed by atoms with Crippen molar-refractivity contribution < 1.29 is 19.1 Å². The first-order valence-electron chi connectivity index (χ1n) is 4.78. The highest BCUT2D eigenvalue weighted by Gasteiger charge is 2.17. The molecule has 6 heteroatoms. The Morgan fingerprint density at radius 3 is 2.65 bits per heavy atom. The molecule has 0 saturated carbocycles. The number of carbonyl (C=O) groups is 2. The number of hydrogen-bond donors (Lipinski definition) is 1. The van der Waals surface area contributed by atoms with Crippen molar-refractivity contribution in [2.75, 3.05) is 20.8 Å². The summed E-state index contributed by atoms with van der Waals surface area (Å²) in [6.45, 7) is -0.0660. The maximum absolute atomic E-state index is 11.6. The van der Waals surface area contributed by atoms with Gasteiger partial charge >= 0.3 is 0 Å². The van der Waals surface area contributed by atoms with Gasteiger partial charge in [0, 0.05) is 0 Å². The van der Waals surface area contributed by atoms with Crippen molar-refractivity contribution in [2.24, 2.45) is 0 Å². The van der Waals surface area contributed by atoms with E-state index in [1.54, 1.807) is 6.07 Å². The lowest BCUT2D eigenvalue weighted by Gasteiger charge is -2.12. The summed E-state index contributed by atoms with van der Waals surface area (Å²) in [4.78, 5) is 21.8. The van der Waals surface area contributed by atoms with Crippen molar-refractivity contribution in [3.63, 3.8) is 0 Å². The molecule has 0 spiro atoms. The monoisotopic (exact) mass is 257 g/mol. The summed E-state index contributed by atoms with van der Waals surface area (Å²) >= 11 is 6.01. The topological polar surface area (TPSA) is 64.6 Å². The number of halogens is 1. The van der Waals surface area contributed by atoms with Crippen LogP contribution in [0, 0.1) is 0 Å². The minimum Gasteiger partial charge on any atom is -0.493 e. The van der Waals surface area contributed by atoms with Crippen LogP contribution in [0.25, 0.3) is 0 Å². The van der Waals surface area contributed by atoms with E-state index in [4.69, 9.17) is 21.1 Å². The van der Waals surface area contributed by atoms with Gasteiger partial charge < -0.3 is 19.6 Å². The number of methoxy groups -OCH3 is 2. The van der Waals surface area contributed by atoms with E-state index >= 15 is 0 Å². The Balaban J connectivity index is 3.09. The average Bonchev–Trinajstić information content (AvgIpc) is 2.35. The third kappa shape index (κ3) is 2.88. The number of nitrogens with one attached hydrogen (secondary N) is 1. The van der Waals surface area contributed by atoms with Crippen LogP contribution < -0.4 is 14.8 Å². The summed E-state index contributed by atoms with van der Waals surface area (Å²) in [7, 11) is 2.90. The molecule has 0 radical (unpaired) electrons. The minimum absolute atomic E-state index is 0.0660. The Morgan fingerprint density at radius 2 is 2.12 bits per heavy atom. The van der Waals surface area contributed by atoms with Gasteiger partial charge in [0.15, 0.2) is 11.5 Å². The van der Waals surface area contributed by atoms with Gasteiger partial charge in [-0.3, -0.25) is 4.79 Å². The van der Waals surface area contributed by atoms with Crippen molar-refractivity contribution in [3.8, 4) is 11.5 Å². The molecule has 1 N–H and O–H groups in total. The number of aldehydes is 1. The lowest BCUT2D eigenvalue weighted by Crippen LogP contribution is -2.25. The highest BCUT2D eigenvalue weighted by Crippen LogP contribution is 2.37. The Hall–Kier alpha value is -1.75. The Bertz CT molecular complexity index is 434. The van der Waals surface area contributed by atoms with E-state index < -0.39 is 5.91 Å². The lowest BCUT2D eigenvalue weighted by atomic mass is 10.2. The van der Waals surface area contributed by atoms with E-state index in [9.17, 15) is 9.59 Å². The molecule has 0 fully saturated rings. The molecule has 1 amide bonds. The quantitative estimate of drug-likeness (QED) is 0.808. The van der Waals surface area contributed by atoms with Gasteiger partial charge in [-0.25, -0.2) is 0 Å². The highest BCUT2D eigenvalue weighted by molar-refractivity contribution is 6.35. The van der Waals surface area contributed by atoms with Gasteiger partial charge in [0.1, 0.15) is 6.29 Å². The molecule has 17 heavy (non-hydrogen) atoms. The zero-order valence-electron chi connectivity index (χ0n) is 9.45. The van der Waals surface area contributed by atoms with Crippen molar-refractivity contribution in [1.82, 2.24) is 5.32 Å². The van der Waals surface area contributed by atoms with Gasteiger partial charge in [0.2, 0.25) is 0 Å². The second-order valence-corrected chi connectivity index (χ2v) is 3.42. The van der Waals surface area contributed by atoms with Crippen LogP contribution in [0.4, 0.5) is 0 Å². The molecule has 5 nitrogen and oxygen atoms in total. The fourth-order valence-corrected chi connectivity index (χ4v) is 1.61. The van der Waals surface area contributed by atoms with Gasteiger partial charge in [-0.1, -0.05) is 11.6 Å². The molecule has 0 saturated heterocycles. The summed E-state index contributed by atoms with van der Waals surface area (Å²) < 4.78 is 10.1. The van der Waals surface area contributed by atoms with Crippen LogP contribution in [-0.4, -0.2) is 33.0 Å². The fourth-order valence-electron chi connectivity index (χ4n) is 1.29. The number of amides is 1. The van der Waals surface area contributed by atoms with Crippen LogP contribution in [0.3, 0.4) is 0 Å². The number of carbonyl (C=O) groups excluding carboxylic acids is 2. The molecule has 1 aromatic carbocycles. The fraction of sp³-hybridized carbons (Fsp3) is 0.273. The molecule has 0 aromatic heterocycles. The van der Waals surface area contributed by atoms with Gasteiger partial charge in [0.05, 0.1) is 31.4 Å². The summed E-state index contributed by atoms with van der Waals surface area (Å²) in [6.07, 6.45) is 0.590. The molecule has 0 unspecified atom stereocenters. The predicted octanol–water partition coefficient (Wildman–Crippen LogP) is 1.29. The number of benzene rings is 1. The van der Waals surface area contributed by atoms with Crippen molar-refractivity contribution in [2.45, 2.75) is 0 Å². The summed E-state index contributed by atoms with van der Waals surface area (Å²) in [5.74, 6) is 0.278. The van der Waals surface area contributed by atoms with Crippen LogP contribution in [-0.2, 0) is 4.79 Å².